The fraction of sp³-hybridized carbons (Fsp3) is 1.00. The van der Waals surface area contributed by atoms with Crippen LogP contribution in [-0.4, -0.2) is 14.5 Å². The van der Waals surface area contributed by atoms with Crippen molar-refractivity contribution in [2.45, 2.75) is 52.6 Å². The van der Waals surface area contributed by atoms with Gasteiger partial charge in [-0.3, -0.25) is 0 Å². The molecule has 0 heterocycles. The predicted octanol–water partition coefficient (Wildman–Crippen LogP) is 2.35. The molecule has 0 radical (unpaired) electrons. The third-order valence-corrected chi connectivity index (χ3v) is 3.44. The Labute approximate surface area is 76.9 Å². The first-order valence-corrected chi connectivity index (χ1v) is 4.37. The van der Waals surface area contributed by atoms with Crippen LogP contribution in [0.1, 0.15) is 41.5 Å². The van der Waals surface area contributed by atoms with Crippen molar-refractivity contribution in [1.82, 2.24) is 3.38 Å². The zero-order valence-electron chi connectivity index (χ0n) is 7.95. The van der Waals surface area contributed by atoms with Gasteiger partial charge < -0.3 is 0 Å². The van der Waals surface area contributed by atoms with Crippen molar-refractivity contribution >= 4 is 0 Å². The van der Waals surface area contributed by atoms with E-state index in [0.717, 1.165) is 0 Å². The third-order valence-electron chi connectivity index (χ3n) is 1.34. The molecule has 0 aromatic heterocycles. The van der Waals surface area contributed by atoms with Gasteiger partial charge in [-0.2, -0.15) is 0 Å². The molecule has 0 saturated heterocycles. The normalized spacial score (nSPS) is 14.2. The minimum absolute atomic E-state index is 0.276. The molecule has 0 bridgehead atoms. The Morgan fingerprint density at radius 3 is 1.00 bits per heavy atom. The van der Waals surface area contributed by atoms with Crippen molar-refractivity contribution in [3.05, 3.63) is 0 Å². The molecule has 0 spiro atoms. The second-order valence-corrected chi connectivity index (χ2v) is 5.38. The molecule has 0 aliphatic heterocycles. The number of hydrogen-bond donors (Lipinski definition) is 0. The van der Waals surface area contributed by atoms with Gasteiger partial charge in [-0.1, -0.05) is 0 Å². The Hall–Kier alpha value is 0.674. The Morgan fingerprint density at radius 1 is 0.800 bits per heavy atom. The van der Waals surface area contributed by atoms with Gasteiger partial charge in [0, 0.05) is 0 Å². The molecule has 0 saturated carbocycles. The topological polar surface area (TPSA) is 3.24 Å². The van der Waals surface area contributed by atoms with Crippen LogP contribution in [0.25, 0.3) is 0 Å². The molecule has 59 valence electrons. The summed E-state index contributed by atoms with van der Waals surface area (Å²) in [6, 6.07) is 0. The maximum absolute atomic E-state index is 2.38. The van der Waals surface area contributed by atoms with Crippen LogP contribution < -0.4 is 0 Å². The maximum atomic E-state index is 2.38. The van der Waals surface area contributed by atoms with Crippen LogP contribution in [0, 0.1) is 0 Å². The standard InChI is InChI=1S/C8H18N.Ti/c1-7(2,3)9-8(4,5)6;/h1-6H3;/q-1;+1. The summed E-state index contributed by atoms with van der Waals surface area (Å²) in [5.74, 6) is 0. The predicted molar refractivity (Wildman–Crippen MR) is 41.3 cm³/mol. The third kappa shape index (κ3) is 3.18. The summed E-state index contributed by atoms with van der Waals surface area (Å²) in [4.78, 5) is 0. The van der Waals surface area contributed by atoms with Gasteiger partial charge in [0.1, 0.15) is 0 Å². The van der Waals surface area contributed by atoms with Gasteiger partial charge in [0.05, 0.1) is 0 Å². The van der Waals surface area contributed by atoms with E-state index in [4.69, 9.17) is 0 Å². The van der Waals surface area contributed by atoms with E-state index in [-0.39, 0.29) is 11.1 Å². The van der Waals surface area contributed by atoms with Crippen LogP contribution in [-0.2, 0) is 20.7 Å². The van der Waals surface area contributed by atoms with Gasteiger partial charge in [-0.15, -0.1) is 0 Å². The van der Waals surface area contributed by atoms with Gasteiger partial charge in [0.2, 0.25) is 0 Å². The molecule has 0 unspecified atom stereocenters. The van der Waals surface area contributed by atoms with E-state index in [2.05, 4.69) is 65.6 Å². The summed E-state index contributed by atoms with van der Waals surface area (Å²) in [6.45, 7) is 13.4. The second-order valence-electron chi connectivity index (χ2n) is 4.68. The van der Waals surface area contributed by atoms with Gasteiger partial charge >= 0.3 is 76.7 Å². The number of hydrogen-bond acceptors (Lipinski definition) is 1. The zero-order valence-corrected chi connectivity index (χ0v) is 9.51. The molecule has 0 fully saturated rings. The first kappa shape index (κ1) is 10.7. The molecule has 0 aliphatic carbocycles. The van der Waals surface area contributed by atoms with Crippen LogP contribution in [0.4, 0.5) is 0 Å². The average molecular weight is 176 g/mol. The SMILES string of the molecule is CC(C)(C)[N]([Ti])C(C)(C)C. The van der Waals surface area contributed by atoms with Crippen LogP contribution in [0.5, 0.6) is 0 Å². The molecular formula is C8H18NTi. The van der Waals surface area contributed by atoms with Crippen LogP contribution >= 0.6 is 0 Å². The van der Waals surface area contributed by atoms with Crippen molar-refractivity contribution in [2.24, 2.45) is 0 Å². The summed E-state index contributed by atoms with van der Waals surface area (Å²) in [6.07, 6.45) is 0. The van der Waals surface area contributed by atoms with E-state index in [1.807, 2.05) is 0 Å². The summed E-state index contributed by atoms with van der Waals surface area (Å²) < 4.78 is 2.38. The van der Waals surface area contributed by atoms with Gasteiger partial charge in [-0.25, -0.2) is 0 Å². The molecular weight excluding hydrogens is 158 g/mol. The quantitative estimate of drug-likeness (QED) is 0.512. The van der Waals surface area contributed by atoms with Crippen molar-refractivity contribution in [2.75, 3.05) is 0 Å². The van der Waals surface area contributed by atoms with E-state index in [9.17, 15) is 0 Å². The molecule has 10 heavy (non-hydrogen) atoms. The fourth-order valence-electron chi connectivity index (χ4n) is 1.01. The Bertz CT molecular complexity index is 93.4. The fourth-order valence-corrected chi connectivity index (χ4v) is 1.01. The Balaban J connectivity index is 4.23. The molecule has 2 heteroatoms. The van der Waals surface area contributed by atoms with Gasteiger partial charge in [0.25, 0.3) is 0 Å². The zero-order chi connectivity index (χ0) is 8.58. The van der Waals surface area contributed by atoms with Crippen molar-refractivity contribution in [1.29, 1.82) is 0 Å². The first-order valence-electron chi connectivity index (χ1n) is 3.67. The molecule has 0 aromatic rings. The molecule has 0 atom stereocenters. The summed E-state index contributed by atoms with van der Waals surface area (Å²) in [5.41, 5.74) is 0.552. The summed E-state index contributed by atoms with van der Waals surface area (Å²) in [5, 5.41) is 0. The molecule has 0 aliphatic rings. The van der Waals surface area contributed by atoms with E-state index >= 15 is 0 Å². The van der Waals surface area contributed by atoms with Gasteiger partial charge in [0.15, 0.2) is 0 Å². The molecule has 0 rings (SSSR count). The van der Waals surface area contributed by atoms with E-state index in [1.54, 1.807) is 0 Å². The molecule has 0 amide bonds. The van der Waals surface area contributed by atoms with Crippen LogP contribution in [0.3, 0.4) is 0 Å². The first-order chi connectivity index (χ1) is 4.15. The second kappa shape index (κ2) is 2.96. The van der Waals surface area contributed by atoms with Crippen molar-refractivity contribution in [3.8, 4) is 0 Å². The summed E-state index contributed by atoms with van der Waals surface area (Å²) in [7, 11) is 0. The van der Waals surface area contributed by atoms with E-state index in [0.29, 0.717) is 0 Å². The van der Waals surface area contributed by atoms with Crippen molar-refractivity contribution in [3.63, 3.8) is 0 Å². The molecule has 0 aromatic carbocycles. The molecule has 1 nitrogen and oxygen atoms in total. The average Bonchev–Trinajstić information content (AvgIpc) is 1.59. The van der Waals surface area contributed by atoms with Gasteiger partial charge in [-0.05, 0) is 0 Å². The Morgan fingerprint density at radius 2 is 1.00 bits per heavy atom. The summed E-state index contributed by atoms with van der Waals surface area (Å²) >= 11 is 2.17. The van der Waals surface area contributed by atoms with E-state index < -0.39 is 0 Å². The van der Waals surface area contributed by atoms with E-state index in [1.165, 1.54) is 0 Å². The Kier molecular flexibility index (Phi) is 3.16. The van der Waals surface area contributed by atoms with Crippen LogP contribution in [0.2, 0.25) is 0 Å². The number of rotatable bonds is 0. The number of nitrogens with zero attached hydrogens (tertiary/aromatic N) is 1. The van der Waals surface area contributed by atoms with Crippen molar-refractivity contribution < 1.29 is 20.7 Å². The minimum atomic E-state index is 0.276. The molecule has 0 N–H and O–H groups in total. The monoisotopic (exact) mass is 176 g/mol. The van der Waals surface area contributed by atoms with Crippen LogP contribution in [0.15, 0.2) is 0 Å².